The molecule has 0 spiro atoms. The first-order valence-corrected chi connectivity index (χ1v) is 7.21. The Morgan fingerprint density at radius 1 is 1.14 bits per heavy atom. The van der Waals surface area contributed by atoms with E-state index in [1.807, 2.05) is 75.2 Å². The van der Waals surface area contributed by atoms with E-state index in [9.17, 15) is 4.79 Å². The van der Waals surface area contributed by atoms with Gasteiger partial charge in [-0.1, -0.05) is 35.9 Å². The summed E-state index contributed by atoms with van der Waals surface area (Å²) in [4.78, 5) is 19.0. The predicted molar refractivity (Wildman–Crippen MR) is 85.4 cm³/mol. The van der Waals surface area contributed by atoms with E-state index in [-0.39, 0.29) is 11.8 Å². The normalized spacial score (nSPS) is 12.4. The smallest absolute Gasteiger partial charge is 0.179 e. The van der Waals surface area contributed by atoms with Crippen LogP contribution in [0.15, 0.2) is 42.5 Å². The first-order valence-electron chi connectivity index (χ1n) is 7.21. The van der Waals surface area contributed by atoms with Crippen molar-refractivity contribution in [1.82, 2.24) is 9.88 Å². The third-order valence-corrected chi connectivity index (χ3v) is 3.73. The van der Waals surface area contributed by atoms with Crippen molar-refractivity contribution in [3.8, 4) is 0 Å². The quantitative estimate of drug-likeness (QED) is 0.788. The molecule has 1 aromatic heterocycles. The molecule has 0 N–H and O–H groups in total. The molecule has 2 aromatic rings. The van der Waals surface area contributed by atoms with Crippen LogP contribution in [0.4, 0.5) is 0 Å². The van der Waals surface area contributed by atoms with Gasteiger partial charge in [0.25, 0.3) is 0 Å². The first-order chi connectivity index (χ1) is 9.97. The molecule has 3 heteroatoms. The second kappa shape index (κ2) is 6.64. The predicted octanol–water partition coefficient (Wildman–Crippen LogP) is 3.40. The van der Waals surface area contributed by atoms with Gasteiger partial charge in [-0.2, -0.15) is 0 Å². The van der Waals surface area contributed by atoms with E-state index in [0.717, 1.165) is 22.5 Å². The summed E-state index contributed by atoms with van der Waals surface area (Å²) in [6, 6.07) is 13.5. The van der Waals surface area contributed by atoms with Crippen LogP contribution in [0.25, 0.3) is 0 Å². The molecule has 1 unspecified atom stereocenters. The summed E-state index contributed by atoms with van der Waals surface area (Å²) in [6.45, 7) is 6.61. The highest BCUT2D eigenvalue weighted by Gasteiger charge is 2.19. The van der Waals surface area contributed by atoms with Crippen molar-refractivity contribution in [2.24, 2.45) is 0 Å². The average molecular weight is 282 g/mol. The number of likely N-dealkylation sites (N-methyl/N-ethyl adjacent to an activating group) is 1. The second-order valence-corrected chi connectivity index (χ2v) is 5.59. The van der Waals surface area contributed by atoms with Gasteiger partial charge in [0.15, 0.2) is 5.78 Å². The van der Waals surface area contributed by atoms with E-state index in [4.69, 9.17) is 0 Å². The van der Waals surface area contributed by atoms with Gasteiger partial charge in [0, 0.05) is 17.8 Å². The van der Waals surface area contributed by atoms with Crippen molar-refractivity contribution in [2.75, 3.05) is 7.05 Å². The highest BCUT2D eigenvalue weighted by molar-refractivity contribution is 5.99. The molecule has 0 aliphatic heterocycles. The topological polar surface area (TPSA) is 33.2 Å². The molecule has 0 aliphatic carbocycles. The van der Waals surface area contributed by atoms with Crippen LogP contribution in [0, 0.1) is 13.8 Å². The average Bonchev–Trinajstić information content (AvgIpc) is 2.46. The highest BCUT2D eigenvalue weighted by atomic mass is 16.1. The SMILES string of the molecule is Cc1ccc(C(=O)C(C)N(C)Cc2cccc(C)n2)cc1. The van der Waals surface area contributed by atoms with Crippen LogP contribution in [-0.2, 0) is 6.54 Å². The molecule has 0 radical (unpaired) electrons. The number of pyridine rings is 1. The minimum Gasteiger partial charge on any atom is -0.292 e. The fourth-order valence-corrected chi connectivity index (χ4v) is 2.24. The summed E-state index contributed by atoms with van der Waals surface area (Å²) < 4.78 is 0. The van der Waals surface area contributed by atoms with Crippen molar-refractivity contribution < 1.29 is 4.79 Å². The molecule has 0 amide bonds. The molecular weight excluding hydrogens is 260 g/mol. The number of carbonyl (C=O) groups excluding carboxylic acids is 1. The summed E-state index contributed by atoms with van der Waals surface area (Å²) in [5.74, 6) is 0.144. The summed E-state index contributed by atoms with van der Waals surface area (Å²) in [6.07, 6.45) is 0. The van der Waals surface area contributed by atoms with Gasteiger partial charge in [-0.25, -0.2) is 0 Å². The Morgan fingerprint density at radius 2 is 1.81 bits per heavy atom. The lowest BCUT2D eigenvalue weighted by molar-refractivity contribution is 0.0861. The van der Waals surface area contributed by atoms with Crippen LogP contribution < -0.4 is 0 Å². The second-order valence-electron chi connectivity index (χ2n) is 5.59. The number of ketones is 1. The number of aromatic nitrogens is 1. The standard InChI is InChI=1S/C18H22N2O/c1-13-8-10-16(11-9-13)18(21)15(3)20(4)12-17-7-5-6-14(2)19-17/h5-11,15H,12H2,1-4H3. The molecule has 110 valence electrons. The third-order valence-electron chi connectivity index (χ3n) is 3.73. The Kier molecular flexibility index (Phi) is 4.86. The van der Waals surface area contributed by atoms with Gasteiger partial charge < -0.3 is 0 Å². The Balaban J connectivity index is 2.06. The van der Waals surface area contributed by atoms with E-state index in [0.29, 0.717) is 6.54 Å². The summed E-state index contributed by atoms with van der Waals surface area (Å²) in [7, 11) is 1.96. The zero-order valence-corrected chi connectivity index (χ0v) is 13.1. The highest BCUT2D eigenvalue weighted by Crippen LogP contribution is 2.12. The minimum absolute atomic E-state index is 0.144. The summed E-state index contributed by atoms with van der Waals surface area (Å²) >= 11 is 0. The fourth-order valence-electron chi connectivity index (χ4n) is 2.24. The molecule has 1 heterocycles. The van der Waals surface area contributed by atoms with Crippen molar-refractivity contribution >= 4 is 5.78 Å². The first kappa shape index (κ1) is 15.4. The lowest BCUT2D eigenvalue weighted by atomic mass is 10.0. The fraction of sp³-hybridized carbons (Fsp3) is 0.333. The molecular formula is C18H22N2O. The van der Waals surface area contributed by atoms with Gasteiger partial charge in [0.2, 0.25) is 0 Å². The number of benzene rings is 1. The zero-order chi connectivity index (χ0) is 15.4. The number of Topliss-reactive ketones (excluding diaryl/α,β-unsaturated/α-hetero) is 1. The number of hydrogen-bond acceptors (Lipinski definition) is 3. The van der Waals surface area contributed by atoms with Crippen molar-refractivity contribution in [3.63, 3.8) is 0 Å². The Hall–Kier alpha value is -2.00. The molecule has 3 nitrogen and oxygen atoms in total. The van der Waals surface area contributed by atoms with E-state index < -0.39 is 0 Å². The number of nitrogens with zero attached hydrogens (tertiary/aromatic N) is 2. The molecule has 0 bridgehead atoms. The molecule has 1 aromatic carbocycles. The van der Waals surface area contributed by atoms with Crippen LogP contribution in [0.5, 0.6) is 0 Å². The minimum atomic E-state index is -0.171. The Bertz CT molecular complexity index is 619. The number of carbonyl (C=O) groups is 1. The summed E-state index contributed by atoms with van der Waals surface area (Å²) in [5.41, 5.74) is 3.91. The van der Waals surface area contributed by atoms with E-state index in [1.54, 1.807) is 0 Å². The maximum absolute atomic E-state index is 12.5. The van der Waals surface area contributed by atoms with Crippen molar-refractivity contribution in [3.05, 3.63) is 65.0 Å². The number of rotatable bonds is 5. The van der Waals surface area contributed by atoms with Crippen LogP contribution >= 0.6 is 0 Å². The Labute approximate surface area is 126 Å². The molecule has 0 saturated heterocycles. The van der Waals surface area contributed by atoms with Crippen LogP contribution in [0.1, 0.15) is 34.2 Å². The molecule has 1 atom stereocenters. The van der Waals surface area contributed by atoms with Gasteiger partial charge in [-0.05, 0) is 40.0 Å². The molecule has 2 rings (SSSR count). The zero-order valence-electron chi connectivity index (χ0n) is 13.1. The molecule has 0 saturated carbocycles. The third kappa shape index (κ3) is 3.99. The maximum Gasteiger partial charge on any atom is 0.179 e. The van der Waals surface area contributed by atoms with Crippen molar-refractivity contribution in [2.45, 2.75) is 33.4 Å². The Morgan fingerprint density at radius 3 is 2.43 bits per heavy atom. The van der Waals surface area contributed by atoms with Crippen molar-refractivity contribution in [1.29, 1.82) is 0 Å². The van der Waals surface area contributed by atoms with Gasteiger partial charge in [0.1, 0.15) is 0 Å². The molecule has 21 heavy (non-hydrogen) atoms. The molecule has 0 fully saturated rings. The van der Waals surface area contributed by atoms with E-state index in [1.165, 1.54) is 0 Å². The lowest BCUT2D eigenvalue weighted by Crippen LogP contribution is -2.35. The van der Waals surface area contributed by atoms with E-state index >= 15 is 0 Å². The van der Waals surface area contributed by atoms with Crippen LogP contribution in [0.3, 0.4) is 0 Å². The van der Waals surface area contributed by atoms with Gasteiger partial charge in [-0.3, -0.25) is 14.7 Å². The number of hydrogen-bond donors (Lipinski definition) is 0. The van der Waals surface area contributed by atoms with Gasteiger partial charge >= 0.3 is 0 Å². The number of aryl methyl sites for hydroxylation is 2. The van der Waals surface area contributed by atoms with Crippen LogP contribution in [0.2, 0.25) is 0 Å². The van der Waals surface area contributed by atoms with Gasteiger partial charge in [-0.15, -0.1) is 0 Å². The van der Waals surface area contributed by atoms with Crippen LogP contribution in [-0.4, -0.2) is 28.8 Å². The van der Waals surface area contributed by atoms with Gasteiger partial charge in [0.05, 0.1) is 11.7 Å². The largest absolute Gasteiger partial charge is 0.292 e. The molecule has 0 aliphatic rings. The maximum atomic E-state index is 12.5. The summed E-state index contributed by atoms with van der Waals surface area (Å²) in [5, 5.41) is 0. The van der Waals surface area contributed by atoms with E-state index in [2.05, 4.69) is 4.98 Å². The lowest BCUT2D eigenvalue weighted by Gasteiger charge is -2.23. The monoisotopic (exact) mass is 282 g/mol.